The fourth-order valence-electron chi connectivity index (χ4n) is 4.95. The maximum atomic E-state index is 12.6. The number of thioether (sulfide) groups is 1. The summed E-state index contributed by atoms with van der Waals surface area (Å²) in [4.78, 5) is 26.2. The number of likely N-dealkylation sites (tertiary alicyclic amines) is 1. The molecule has 1 N–H and O–H groups in total. The Morgan fingerprint density at radius 1 is 1.09 bits per heavy atom. The van der Waals surface area contributed by atoms with E-state index < -0.39 is 5.79 Å². The van der Waals surface area contributed by atoms with Crippen LogP contribution in [0.1, 0.15) is 31.2 Å². The van der Waals surface area contributed by atoms with Crippen molar-refractivity contribution in [2.45, 2.75) is 49.2 Å². The van der Waals surface area contributed by atoms with E-state index in [0.717, 1.165) is 64.2 Å². The number of aromatic nitrogens is 2. The van der Waals surface area contributed by atoms with Crippen LogP contribution < -0.4 is 10.2 Å². The molecule has 10 heteroatoms. The minimum Gasteiger partial charge on any atom is -0.356 e. The number of carbonyl (C=O) groups excluding carboxylic acids is 1. The highest BCUT2D eigenvalue weighted by Gasteiger charge is 2.40. The summed E-state index contributed by atoms with van der Waals surface area (Å²) in [7, 11) is 0. The molecule has 1 aromatic carbocycles. The third kappa shape index (κ3) is 6.65. The maximum Gasteiger partial charge on any atom is 0.230 e. The zero-order valence-corrected chi connectivity index (χ0v) is 21.4. The monoisotopic (exact) mass is 517 g/mol. The van der Waals surface area contributed by atoms with Crippen molar-refractivity contribution in [2.24, 2.45) is 0 Å². The summed E-state index contributed by atoms with van der Waals surface area (Å²) < 4.78 is 11.6. The van der Waals surface area contributed by atoms with E-state index in [2.05, 4.69) is 49.4 Å². The van der Waals surface area contributed by atoms with Gasteiger partial charge in [-0.2, -0.15) is 0 Å². The number of amides is 1. The summed E-state index contributed by atoms with van der Waals surface area (Å²) in [6, 6.07) is 12.5. The van der Waals surface area contributed by atoms with Crippen LogP contribution >= 0.6 is 23.4 Å². The molecule has 0 aliphatic carbocycles. The lowest BCUT2D eigenvalue weighted by atomic mass is 10.0. The molecule has 5 rings (SSSR count). The Bertz CT molecular complexity index is 990. The van der Waals surface area contributed by atoms with Crippen molar-refractivity contribution in [3.63, 3.8) is 0 Å². The van der Waals surface area contributed by atoms with Gasteiger partial charge in [0.25, 0.3) is 0 Å². The highest BCUT2D eigenvalue weighted by molar-refractivity contribution is 7.99. The van der Waals surface area contributed by atoms with Gasteiger partial charge in [-0.25, -0.2) is 9.97 Å². The zero-order chi connectivity index (χ0) is 24.1. The van der Waals surface area contributed by atoms with Crippen molar-refractivity contribution in [1.82, 2.24) is 20.2 Å². The average Bonchev–Trinajstić information content (AvgIpc) is 3.32. The van der Waals surface area contributed by atoms with E-state index in [4.69, 9.17) is 21.1 Å². The molecule has 0 saturated carbocycles. The molecule has 8 nitrogen and oxygen atoms in total. The van der Waals surface area contributed by atoms with Crippen LogP contribution in [0.5, 0.6) is 0 Å². The molecule has 1 spiro atoms. The molecule has 0 radical (unpaired) electrons. The molecule has 1 aromatic heterocycles. The lowest BCUT2D eigenvalue weighted by Crippen LogP contribution is -2.45. The zero-order valence-electron chi connectivity index (χ0n) is 19.8. The van der Waals surface area contributed by atoms with Crippen LogP contribution in [-0.4, -0.2) is 77.7 Å². The Morgan fingerprint density at radius 3 is 2.51 bits per heavy atom. The standard InChI is InChI=1S/C25H32ClN5O3S/c26-21-16-22(31-12-8-25(9-13-31)33-14-15-34-25)29-24(28-21)35-18-23(32)27-20-6-10-30(11-7-20)17-19-4-2-1-3-5-19/h1-5,16,20H,6-15,17-18H2,(H,27,32). The molecular weight excluding hydrogens is 486 g/mol. The van der Waals surface area contributed by atoms with Gasteiger partial charge >= 0.3 is 0 Å². The van der Waals surface area contributed by atoms with Crippen LogP contribution in [0.2, 0.25) is 5.15 Å². The number of nitrogens with one attached hydrogen (secondary N) is 1. The SMILES string of the molecule is O=C(CSc1nc(Cl)cc(N2CCC3(CC2)OCCO3)n1)NC1CCN(Cc2ccccc2)CC1. The molecule has 3 saturated heterocycles. The Labute approximate surface area is 215 Å². The largest absolute Gasteiger partial charge is 0.356 e. The fraction of sp³-hybridized carbons (Fsp3) is 0.560. The van der Waals surface area contributed by atoms with Crippen molar-refractivity contribution in [3.8, 4) is 0 Å². The summed E-state index contributed by atoms with van der Waals surface area (Å²) in [6.07, 6.45) is 3.52. The maximum absolute atomic E-state index is 12.6. The van der Waals surface area contributed by atoms with Gasteiger partial charge in [-0.15, -0.1) is 0 Å². The van der Waals surface area contributed by atoms with Gasteiger partial charge in [0, 0.05) is 57.7 Å². The molecule has 35 heavy (non-hydrogen) atoms. The van der Waals surface area contributed by atoms with Crippen molar-refractivity contribution < 1.29 is 14.3 Å². The van der Waals surface area contributed by atoms with Gasteiger partial charge in [0.1, 0.15) is 11.0 Å². The molecule has 3 aliphatic heterocycles. The molecule has 188 valence electrons. The Balaban J connectivity index is 1.07. The van der Waals surface area contributed by atoms with Gasteiger partial charge in [-0.1, -0.05) is 53.7 Å². The molecule has 3 fully saturated rings. The van der Waals surface area contributed by atoms with Gasteiger partial charge < -0.3 is 19.7 Å². The first-order valence-electron chi connectivity index (χ1n) is 12.3. The number of anilines is 1. The third-order valence-electron chi connectivity index (χ3n) is 6.86. The second-order valence-electron chi connectivity index (χ2n) is 9.32. The van der Waals surface area contributed by atoms with E-state index in [1.54, 1.807) is 6.07 Å². The number of hydrogen-bond acceptors (Lipinski definition) is 8. The van der Waals surface area contributed by atoms with Crippen LogP contribution in [0, 0.1) is 0 Å². The first kappa shape index (κ1) is 24.8. The van der Waals surface area contributed by atoms with E-state index in [1.165, 1.54) is 17.3 Å². The van der Waals surface area contributed by atoms with Crippen LogP contribution in [0.15, 0.2) is 41.6 Å². The van der Waals surface area contributed by atoms with E-state index in [0.29, 0.717) is 23.5 Å². The predicted molar refractivity (Wildman–Crippen MR) is 137 cm³/mol. The highest BCUT2D eigenvalue weighted by Crippen LogP contribution is 2.33. The van der Waals surface area contributed by atoms with Crippen LogP contribution in [-0.2, 0) is 20.8 Å². The lowest BCUT2D eigenvalue weighted by molar-refractivity contribution is -0.169. The topological polar surface area (TPSA) is 79.8 Å². The Hall–Kier alpha value is -1.91. The van der Waals surface area contributed by atoms with Gasteiger partial charge in [-0.3, -0.25) is 9.69 Å². The Kier molecular flexibility index (Phi) is 8.09. The molecule has 1 amide bonds. The summed E-state index contributed by atoms with van der Waals surface area (Å²) in [6.45, 7) is 5.82. The first-order chi connectivity index (χ1) is 17.1. The second-order valence-corrected chi connectivity index (χ2v) is 10.6. The predicted octanol–water partition coefficient (Wildman–Crippen LogP) is 3.35. The summed E-state index contributed by atoms with van der Waals surface area (Å²) >= 11 is 7.61. The number of benzene rings is 1. The number of piperidine rings is 2. The van der Waals surface area contributed by atoms with Crippen LogP contribution in [0.3, 0.4) is 0 Å². The quantitative estimate of drug-likeness (QED) is 0.340. The minimum absolute atomic E-state index is 0.0112. The third-order valence-corrected chi connectivity index (χ3v) is 7.90. The summed E-state index contributed by atoms with van der Waals surface area (Å²) in [5.74, 6) is 0.638. The van der Waals surface area contributed by atoms with Gasteiger partial charge in [0.15, 0.2) is 10.9 Å². The number of hydrogen-bond donors (Lipinski definition) is 1. The van der Waals surface area contributed by atoms with E-state index >= 15 is 0 Å². The van der Waals surface area contributed by atoms with Gasteiger partial charge in [-0.05, 0) is 18.4 Å². The smallest absolute Gasteiger partial charge is 0.230 e. The highest BCUT2D eigenvalue weighted by atomic mass is 35.5. The normalized spacial score (nSPS) is 20.9. The summed E-state index contributed by atoms with van der Waals surface area (Å²) in [5, 5.41) is 4.09. The molecule has 0 bridgehead atoms. The van der Waals surface area contributed by atoms with Gasteiger partial charge in [0.2, 0.25) is 5.91 Å². The molecule has 4 heterocycles. The minimum atomic E-state index is -0.430. The van der Waals surface area contributed by atoms with Crippen molar-refractivity contribution in [1.29, 1.82) is 0 Å². The molecular formula is C25H32ClN5O3S. The fourth-order valence-corrected chi connectivity index (χ4v) is 5.84. The van der Waals surface area contributed by atoms with Crippen LogP contribution in [0.25, 0.3) is 0 Å². The average molecular weight is 518 g/mol. The molecule has 2 aromatic rings. The van der Waals surface area contributed by atoms with E-state index in [-0.39, 0.29) is 17.7 Å². The van der Waals surface area contributed by atoms with Crippen molar-refractivity contribution in [2.75, 3.05) is 50.0 Å². The van der Waals surface area contributed by atoms with E-state index in [1.807, 2.05) is 6.07 Å². The molecule has 0 unspecified atom stereocenters. The van der Waals surface area contributed by atoms with E-state index in [9.17, 15) is 4.79 Å². The van der Waals surface area contributed by atoms with Crippen LogP contribution in [0.4, 0.5) is 5.82 Å². The molecule has 3 aliphatic rings. The summed E-state index contributed by atoms with van der Waals surface area (Å²) in [5.41, 5.74) is 1.33. The van der Waals surface area contributed by atoms with Gasteiger partial charge in [0.05, 0.1) is 19.0 Å². The number of rotatable bonds is 7. The van der Waals surface area contributed by atoms with Crippen molar-refractivity contribution >= 4 is 35.1 Å². The Morgan fingerprint density at radius 2 is 1.80 bits per heavy atom. The number of carbonyl (C=O) groups is 1. The number of ether oxygens (including phenoxy) is 2. The second kappa shape index (κ2) is 11.4. The van der Waals surface area contributed by atoms with Crippen molar-refractivity contribution in [3.05, 3.63) is 47.1 Å². The number of halogens is 1. The molecule has 0 atom stereocenters. The number of nitrogens with zero attached hydrogens (tertiary/aromatic N) is 4. The first-order valence-corrected chi connectivity index (χ1v) is 13.7. The lowest BCUT2D eigenvalue weighted by Gasteiger charge is -2.38.